The number of nitrogens with one attached hydrogen (secondary N) is 1. The largest absolute Gasteiger partial charge is 0.490 e. The molecule has 0 aliphatic carbocycles. The molecule has 18 heavy (non-hydrogen) atoms. The number of hydrogen-bond acceptors (Lipinski definition) is 3. The van der Waals surface area contributed by atoms with Crippen LogP contribution in [0.15, 0.2) is 36.9 Å². The number of rotatable bonds is 7. The predicted molar refractivity (Wildman–Crippen MR) is 72.8 cm³/mol. The minimum atomic E-state index is 0.394. The van der Waals surface area contributed by atoms with E-state index in [-0.39, 0.29) is 0 Å². The molecule has 98 valence electrons. The molecule has 3 heteroatoms. The van der Waals surface area contributed by atoms with Gasteiger partial charge in [0.25, 0.3) is 0 Å². The average Bonchev–Trinajstić information content (AvgIpc) is 2.90. The fourth-order valence-electron chi connectivity index (χ4n) is 2.08. The van der Waals surface area contributed by atoms with E-state index in [4.69, 9.17) is 9.47 Å². The first-order valence-corrected chi connectivity index (χ1v) is 6.53. The van der Waals surface area contributed by atoms with Gasteiger partial charge >= 0.3 is 0 Å². The van der Waals surface area contributed by atoms with Gasteiger partial charge in [0, 0.05) is 19.7 Å². The zero-order chi connectivity index (χ0) is 12.6. The van der Waals surface area contributed by atoms with Crippen molar-refractivity contribution < 1.29 is 9.47 Å². The van der Waals surface area contributed by atoms with Crippen molar-refractivity contribution >= 4 is 0 Å². The van der Waals surface area contributed by atoms with E-state index in [9.17, 15) is 0 Å². The highest BCUT2D eigenvalue weighted by Gasteiger charge is 2.14. The third-order valence-corrected chi connectivity index (χ3v) is 2.99. The summed E-state index contributed by atoms with van der Waals surface area (Å²) in [6.07, 6.45) is 4.51. The Kier molecular flexibility index (Phi) is 5.24. The number of benzene rings is 1. The van der Waals surface area contributed by atoms with Crippen LogP contribution in [0.1, 0.15) is 18.4 Å². The second-order valence-electron chi connectivity index (χ2n) is 4.51. The molecule has 1 aliphatic rings. The van der Waals surface area contributed by atoms with Gasteiger partial charge in [0.1, 0.15) is 12.4 Å². The molecule has 0 amide bonds. The van der Waals surface area contributed by atoms with Gasteiger partial charge in [-0.25, -0.2) is 0 Å². The second kappa shape index (κ2) is 7.19. The molecule has 0 saturated carbocycles. The smallest absolute Gasteiger partial charge is 0.120 e. The fraction of sp³-hybridized carbons (Fsp3) is 0.467. The predicted octanol–water partition coefficient (Wildman–Crippen LogP) is 2.52. The maximum absolute atomic E-state index is 5.57. The van der Waals surface area contributed by atoms with Gasteiger partial charge in [-0.3, -0.25) is 0 Å². The maximum atomic E-state index is 5.57. The van der Waals surface area contributed by atoms with Gasteiger partial charge in [-0.15, -0.1) is 0 Å². The van der Waals surface area contributed by atoms with E-state index < -0.39 is 0 Å². The van der Waals surface area contributed by atoms with Crippen molar-refractivity contribution in [1.82, 2.24) is 5.32 Å². The summed E-state index contributed by atoms with van der Waals surface area (Å²) < 4.78 is 11.1. The van der Waals surface area contributed by atoms with Gasteiger partial charge < -0.3 is 14.8 Å². The quantitative estimate of drug-likeness (QED) is 0.751. The summed E-state index contributed by atoms with van der Waals surface area (Å²) in [6, 6.07) is 8.14. The molecule has 1 aromatic carbocycles. The third kappa shape index (κ3) is 4.17. The maximum Gasteiger partial charge on any atom is 0.120 e. The van der Waals surface area contributed by atoms with Gasteiger partial charge in [0.05, 0.1) is 6.10 Å². The highest BCUT2D eigenvalue weighted by atomic mass is 16.5. The standard InChI is InChI=1S/C15H21NO2/c1-2-8-17-14-6-3-5-13(10-14)11-16-12-15-7-4-9-18-15/h2-3,5-6,10,15-16H,1,4,7-9,11-12H2/t15-/m0/s1. The lowest BCUT2D eigenvalue weighted by Crippen LogP contribution is -2.25. The summed E-state index contributed by atoms with van der Waals surface area (Å²) in [5, 5.41) is 3.43. The first-order valence-electron chi connectivity index (χ1n) is 6.53. The summed E-state index contributed by atoms with van der Waals surface area (Å²) in [7, 11) is 0. The molecule has 1 N–H and O–H groups in total. The molecule has 1 heterocycles. The van der Waals surface area contributed by atoms with Crippen LogP contribution in [0.25, 0.3) is 0 Å². The minimum absolute atomic E-state index is 0.394. The van der Waals surface area contributed by atoms with Crippen molar-refractivity contribution in [3.63, 3.8) is 0 Å². The molecule has 0 bridgehead atoms. The van der Waals surface area contributed by atoms with Crippen LogP contribution in [0.4, 0.5) is 0 Å². The Labute approximate surface area is 109 Å². The summed E-state index contributed by atoms with van der Waals surface area (Å²) in [5.41, 5.74) is 1.23. The van der Waals surface area contributed by atoms with Crippen LogP contribution in [0, 0.1) is 0 Å². The molecule has 3 nitrogen and oxygen atoms in total. The Balaban J connectivity index is 1.75. The van der Waals surface area contributed by atoms with Crippen LogP contribution in [0.2, 0.25) is 0 Å². The lowest BCUT2D eigenvalue weighted by molar-refractivity contribution is 0.110. The van der Waals surface area contributed by atoms with Crippen molar-refractivity contribution in [1.29, 1.82) is 0 Å². The molecule has 0 aromatic heterocycles. The number of hydrogen-bond donors (Lipinski definition) is 1. The molecule has 1 aromatic rings. The first kappa shape index (κ1) is 13.1. The van der Waals surface area contributed by atoms with Gasteiger partial charge in [0.2, 0.25) is 0 Å². The highest BCUT2D eigenvalue weighted by Crippen LogP contribution is 2.14. The summed E-state index contributed by atoms with van der Waals surface area (Å²) >= 11 is 0. The third-order valence-electron chi connectivity index (χ3n) is 2.99. The molecule has 0 unspecified atom stereocenters. The van der Waals surface area contributed by atoms with Crippen LogP contribution in [-0.2, 0) is 11.3 Å². The Hall–Kier alpha value is -1.32. The number of ether oxygens (including phenoxy) is 2. The van der Waals surface area contributed by atoms with Crippen LogP contribution in [0.5, 0.6) is 5.75 Å². The normalized spacial score (nSPS) is 18.8. The molecular formula is C15H21NO2. The van der Waals surface area contributed by atoms with Gasteiger partial charge in [-0.2, -0.15) is 0 Å². The summed E-state index contributed by atoms with van der Waals surface area (Å²) in [4.78, 5) is 0. The lowest BCUT2D eigenvalue weighted by Gasteiger charge is -2.11. The molecule has 0 radical (unpaired) electrons. The van der Waals surface area contributed by atoms with Crippen molar-refractivity contribution in [2.75, 3.05) is 19.8 Å². The van der Waals surface area contributed by atoms with Gasteiger partial charge in [-0.1, -0.05) is 24.8 Å². The van der Waals surface area contributed by atoms with E-state index in [1.165, 1.54) is 18.4 Å². The molecule has 1 saturated heterocycles. The lowest BCUT2D eigenvalue weighted by atomic mass is 10.2. The SMILES string of the molecule is C=CCOc1cccc(CNC[C@@H]2CCCO2)c1. The second-order valence-corrected chi connectivity index (χ2v) is 4.51. The van der Waals surface area contributed by atoms with Crippen molar-refractivity contribution in [3.05, 3.63) is 42.5 Å². The monoisotopic (exact) mass is 247 g/mol. The zero-order valence-electron chi connectivity index (χ0n) is 10.7. The van der Waals surface area contributed by atoms with Crippen LogP contribution >= 0.6 is 0 Å². The van der Waals surface area contributed by atoms with Crippen LogP contribution in [-0.4, -0.2) is 25.9 Å². The zero-order valence-corrected chi connectivity index (χ0v) is 10.7. The van der Waals surface area contributed by atoms with E-state index >= 15 is 0 Å². The van der Waals surface area contributed by atoms with Gasteiger partial charge in [-0.05, 0) is 30.5 Å². The average molecular weight is 247 g/mol. The van der Waals surface area contributed by atoms with Crippen molar-refractivity contribution in [2.24, 2.45) is 0 Å². The van der Waals surface area contributed by atoms with Crippen LogP contribution in [0.3, 0.4) is 0 Å². The summed E-state index contributed by atoms with van der Waals surface area (Å²) in [6.45, 7) is 6.88. The molecular weight excluding hydrogens is 226 g/mol. The molecule has 0 spiro atoms. The summed E-state index contributed by atoms with van der Waals surface area (Å²) in [5.74, 6) is 0.895. The Morgan fingerprint density at radius 1 is 1.50 bits per heavy atom. The van der Waals surface area contributed by atoms with E-state index in [1.54, 1.807) is 6.08 Å². The highest BCUT2D eigenvalue weighted by molar-refractivity contribution is 5.28. The van der Waals surface area contributed by atoms with Crippen molar-refractivity contribution in [3.8, 4) is 5.75 Å². The Morgan fingerprint density at radius 2 is 2.44 bits per heavy atom. The molecule has 1 atom stereocenters. The minimum Gasteiger partial charge on any atom is -0.490 e. The van der Waals surface area contributed by atoms with E-state index in [1.807, 2.05) is 12.1 Å². The molecule has 1 fully saturated rings. The van der Waals surface area contributed by atoms with Gasteiger partial charge in [0.15, 0.2) is 0 Å². The van der Waals surface area contributed by atoms with E-state index in [0.717, 1.165) is 25.4 Å². The van der Waals surface area contributed by atoms with Crippen molar-refractivity contribution in [2.45, 2.75) is 25.5 Å². The Morgan fingerprint density at radius 3 is 3.22 bits per heavy atom. The topological polar surface area (TPSA) is 30.5 Å². The first-order chi connectivity index (χ1) is 8.88. The fourth-order valence-corrected chi connectivity index (χ4v) is 2.08. The van der Waals surface area contributed by atoms with E-state index in [2.05, 4.69) is 24.0 Å². The molecule has 2 rings (SSSR count). The van der Waals surface area contributed by atoms with E-state index in [0.29, 0.717) is 12.7 Å². The molecule has 1 aliphatic heterocycles. The van der Waals surface area contributed by atoms with Crippen LogP contribution < -0.4 is 10.1 Å². The Bertz CT molecular complexity index is 373.